The number of halogens is 3. The molecule has 2 unspecified atom stereocenters. The molecule has 0 fully saturated rings. The van der Waals surface area contributed by atoms with Crippen molar-refractivity contribution in [1.29, 1.82) is 0 Å². The number of nitrogens with one attached hydrogen (secondary N) is 2. The molecule has 5 nitrogen and oxygen atoms in total. The molecule has 0 heterocycles. The minimum Gasteiger partial charge on any atom is -0.357 e. The lowest BCUT2D eigenvalue weighted by Gasteiger charge is -2.18. The lowest BCUT2D eigenvalue weighted by Crippen LogP contribution is -2.43. The van der Waals surface area contributed by atoms with Crippen LogP contribution in [0.2, 0.25) is 0 Å². The van der Waals surface area contributed by atoms with Crippen molar-refractivity contribution in [3.8, 4) is 0 Å². The summed E-state index contributed by atoms with van der Waals surface area (Å²) in [4.78, 5) is 4.46. The van der Waals surface area contributed by atoms with E-state index in [1.54, 1.807) is 6.07 Å². The summed E-state index contributed by atoms with van der Waals surface area (Å²) in [6.07, 6.45) is -2.09. The second-order valence-electron chi connectivity index (χ2n) is 7.04. The molecule has 1 rings (SSSR count). The first kappa shape index (κ1) is 24.3. The van der Waals surface area contributed by atoms with Crippen molar-refractivity contribution < 1.29 is 21.6 Å². The Kier molecular flexibility index (Phi) is 9.26. The molecule has 0 aliphatic carbocycles. The van der Waals surface area contributed by atoms with Gasteiger partial charge in [0.25, 0.3) is 0 Å². The SMILES string of the molecule is CCNC(=NCCC(C)c1cccc(C(F)(F)F)c1)NC(C)CCS(C)(=O)=O. The summed E-state index contributed by atoms with van der Waals surface area (Å²) in [5.41, 5.74) is -0.0143. The molecule has 28 heavy (non-hydrogen) atoms. The van der Waals surface area contributed by atoms with Crippen molar-refractivity contribution >= 4 is 15.8 Å². The maximum absolute atomic E-state index is 12.9. The van der Waals surface area contributed by atoms with Crippen LogP contribution in [0.25, 0.3) is 0 Å². The van der Waals surface area contributed by atoms with Crippen LogP contribution in [0.1, 0.15) is 50.7 Å². The van der Waals surface area contributed by atoms with Crippen LogP contribution in [-0.4, -0.2) is 45.5 Å². The highest BCUT2D eigenvalue weighted by atomic mass is 32.2. The predicted molar refractivity (Wildman–Crippen MR) is 107 cm³/mol. The first-order valence-corrected chi connectivity index (χ1v) is 11.4. The summed E-state index contributed by atoms with van der Waals surface area (Å²) in [7, 11) is -3.02. The molecule has 9 heteroatoms. The fraction of sp³-hybridized carbons (Fsp3) is 0.632. The minimum atomic E-state index is -4.35. The van der Waals surface area contributed by atoms with Gasteiger partial charge < -0.3 is 10.6 Å². The fourth-order valence-electron chi connectivity index (χ4n) is 2.57. The number of guanidine groups is 1. The Labute approximate surface area is 165 Å². The highest BCUT2D eigenvalue weighted by Crippen LogP contribution is 2.31. The third-order valence-electron chi connectivity index (χ3n) is 4.26. The van der Waals surface area contributed by atoms with E-state index in [0.717, 1.165) is 6.07 Å². The quantitative estimate of drug-likeness (QED) is 0.472. The number of hydrogen-bond acceptors (Lipinski definition) is 3. The number of benzene rings is 1. The predicted octanol–water partition coefficient (Wildman–Crippen LogP) is 3.58. The molecule has 160 valence electrons. The molecule has 2 atom stereocenters. The van der Waals surface area contributed by atoms with Crippen molar-refractivity contribution in [2.45, 2.75) is 51.7 Å². The van der Waals surface area contributed by atoms with Crippen LogP contribution in [0.15, 0.2) is 29.3 Å². The number of aliphatic imine (C=N–C) groups is 1. The Morgan fingerprint density at radius 3 is 2.46 bits per heavy atom. The van der Waals surface area contributed by atoms with Gasteiger partial charge in [-0.3, -0.25) is 4.99 Å². The van der Waals surface area contributed by atoms with E-state index in [2.05, 4.69) is 15.6 Å². The van der Waals surface area contributed by atoms with Crippen LogP contribution in [0.5, 0.6) is 0 Å². The molecular weight excluding hydrogens is 391 g/mol. The summed E-state index contributed by atoms with van der Waals surface area (Å²) in [6.45, 7) is 6.76. The zero-order chi connectivity index (χ0) is 21.4. The van der Waals surface area contributed by atoms with E-state index >= 15 is 0 Å². The first-order valence-electron chi connectivity index (χ1n) is 9.32. The van der Waals surface area contributed by atoms with E-state index in [4.69, 9.17) is 0 Å². The van der Waals surface area contributed by atoms with Crippen molar-refractivity contribution in [3.05, 3.63) is 35.4 Å². The van der Waals surface area contributed by atoms with Gasteiger partial charge in [0, 0.05) is 25.4 Å². The molecule has 0 bridgehead atoms. The van der Waals surface area contributed by atoms with E-state index in [9.17, 15) is 21.6 Å². The van der Waals surface area contributed by atoms with Crippen LogP contribution in [0.3, 0.4) is 0 Å². The summed E-state index contributed by atoms with van der Waals surface area (Å²) >= 11 is 0. The van der Waals surface area contributed by atoms with E-state index in [1.807, 2.05) is 20.8 Å². The largest absolute Gasteiger partial charge is 0.416 e. The summed E-state index contributed by atoms with van der Waals surface area (Å²) in [5.74, 6) is 0.587. The normalized spacial score (nSPS) is 15.2. The monoisotopic (exact) mass is 421 g/mol. The van der Waals surface area contributed by atoms with Crippen LogP contribution < -0.4 is 10.6 Å². The van der Waals surface area contributed by atoms with Gasteiger partial charge in [0.2, 0.25) is 0 Å². The smallest absolute Gasteiger partial charge is 0.357 e. The van der Waals surface area contributed by atoms with E-state index < -0.39 is 21.6 Å². The zero-order valence-electron chi connectivity index (χ0n) is 16.8. The highest BCUT2D eigenvalue weighted by Gasteiger charge is 2.30. The second-order valence-corrected chi connectivity index (χ2v) is 9.30. The van der Waals surface area contributed by atoms with Gasteiger partial charge in [-0.05, 0) is 44.2 Å². The van der Waals surface area contributed by atoms with Crippen LogP contribution >= 0.6 is 0 Å². The minimum absolute atomic E-state index is 0.0726. The number of nitrogens with zero attached hydrogens (tertiary/aromatic N) is 1. The first-order chi connectivity index (χ1) is 12.9. The topological polar surface area (TPSA) is 70.6 Å². The lowest BCUT2D eigenvalue weighted by molar-refractivity contribution is -0.137. The van der Waals surface area contributed by atoms with Gasteiger partial charge in [-0.15, -0.1) is 0 Å². The standard InChI is InChI=1S/C19H30F3N3O2S/c1-5-23-18(25-15(3)10-12-28(4,26)27)24-11-9-14(2)16-7-6-8-17(13-16)19(20,21)22/h6-8,13-15H,5,9-12H2,1-4H3,(H2,23,24,25). The molecule has 0 saturated carbocycles. The number of rotatable bonds is 9. The Hall–Kier alpha value is -1.77. The summed E-state index contributed by atoms with van der Waals surface area (Å²) in [6, 6.07) is 5.30. The van der Waals surface area contributed by atoms with Crippen molar-refractivity contribution in [2.75, 3.05) is 25.1 Å². The molecule has 1 aromatic carbocycles. The molecule has 0 radical (unpaired) electrons. The molecule has 0 aliphatic heterocycles. The van der Waals surface area contributed by atoms with Crippen molar-refractivity contribution in [3.63, 3.8) is 0 Å². The highest BCUT2D eigenvalue weighted by molar-refractivity contribution is 7.90. The third kappa shape index (κ3) is 9.43. The van der Waals surface area contributed by atoms with Crippen molar-refractivity contribution in [2.24, 2.45) is 4.99 Å². The Balaban J connectivity index is 2.65. The Bertz CT molecular complexity index is 749. The van der Waals surface area contributed by atoms with E-state index in [1.165, 1.54) is 18.4 Å². The van der Waals surface area contributed by atoms with Crippen LogP contribution in [-0.2, 0) is 16.0 Å². The maximum Gasteiger partial charge on any atom is 0.416 e. The van der Waals surface area contributed by atoms with E-state index in [-0.39, 0.29) is 17.7 Å². The van der Waals surface area contributed by atoms with Gasteiger partial charge in [-0.2, -0.15) is 13.2 Å². The maximum atomic E-state index is 12.9. The van der Waals surface area contributed by atoms with Gasteiger partial charge in [0.05, 0.1) is 11.3 Å². The van der Waals surface area contributed by atoms with Crippen LogP contribution in [0, 0.1) is 0 Å². The number of sulfone groups is 1. The summed E-state index contributed by atoms with van der Waals surface area (Å²) < 4.78 is 61.1. The Morgan fingerprint density at radius 1 is 1.21 bits per heavy atom. The average Bonchev–Trinajstić information content (AvgIpc) is 2.59. The molecule has 1 aromatic rings. The lowest BCUT2D eigenvalue weighted by atomic mass is 9.96. The molecule has 0 aliphatic rings. The van der Waals surface area contributed by atoms with Gasteiger partial charge >= 0.3 is 6.18 Å². The molecule has 0 amide bonds. The second kappa shape index (κ2) is 10.7. The fourth-order valence-corrected chi connectivity index (χ4v) is 3.36. The van der Waals surface area contributed by atoms with E-state index in [0.29, 0.717) is 37.5 Å². The molecule has 0 aromatic heterocycles. The van der Waals surface area contributed by atoms with Gasteiger partial charge in [-0.1, -0.05) is 25.1 Å². The van der Waals surface area contributed by atoms with Crippen LogP contribution in [0.4, 0.5) is 13.2 Å². The average molecular weight is 422 g/mol. The Morgan fingerprint density at radius 2 is 1.89 bits per heavy atom. The molecule has 0 saturated heterocycles. The van der Waals surface area contributed by atoms with Gasteiger partial charge in [0.1, 0.15) is 9.84 Å². The van der Waals surface area contributed by atoms with Gasteiger partial charge in [-0.25, -0.2) is 8.42 Å². The van der Waals surface area contributed by atoms with Crippen molar-refractivity contribution in [1.82, 2.24) is 10.6 Å². The molecule has 2 N–H and O–H groups in total. The number of hydrogen-bond donors (Lipinski definition) is 2. The van der Waals surface area contributed by atoms with Gasteiger partial charge in [0.15, 0.2) is 5.96 Å². The third-order valence-corrected chi connectivity index (χ3v) is 5.24. The zero-order valence-corrected chi connectivity index (χ0v) is 17.6. The molecule has 0 spiro atoms. The number of alkyl halides is 3. The summed E-state index contributed by atoms with van der Waals surface area (Å²) in [5, 5.41) is 6.25. The molecular formula is C19H30F3N3O2S.